The molecule has 4 N–H and O–H groups in total. The van der Waals surface area contributed by atoms with Crippen LogP contribution in [0.15, 0.2) is 30.3 Å². The summed E-state index contributed by atoms with van der Waals surface area (Å²) in [7, 11) is 5.26. The topological polar surface area (TPSA) is 155 Å². The fourth-order valence-corrected chi connectivity index (χ4v) is 5.15. The van der Waals surface area contributed by atoms with Crippen molar-refractivity contribution in [2.24, 2.45) is 13.0 Å². The van der Waals surface area contributed by atoms with Crippen LogP contribution < -0.4 is 26.0 Å². The average Bonchev–Trinajstić information content (AvgIpc) is 3.65. The Morgan fingerprint density at radius 2 is 1.93 bits per heavy atom. The maximum Gasteiger partial charge on any atom is 0.273 e. The molecule has 13 nitrogen and oxygen atoms in total. The standard InChI is InChI=1S/C29H37N9O4/c1-30-29(41)25-22(16-24(34-35-25)33-27(39)17-10-11-17)32-20-9-5-8-19(26(20)42-4)21-15-23(38(3)36-21)28(40)31-13-12-18-7-6-14-37(18)2/h5,8-9,15-18H,6-7,10-14H2,1-4H3,(H,30,41)(H,31,40)(H2,32,33,34,39)/i1D3. The highest BCUT2D eigenvalue weighted by Gasteiger charge is 2.30. The number of likely N-dealkylation sites (tertiary alicyclic amines) is 1. The lowest BCUT2D eigenvalue weighted by molar-refractivity contribution is -0.117. The highest BCUT2D eigenvalue weighted by Crippen LogP contribution is 2.38. The Morgan fingerprint density at radius 3 is 2.64 bits per heavy atom. The molecule has 1 saturated carbocycles. The van der Waals surface area contributed by atoms with E-state index in [0.717, 1.165) is 32.2 Å². The fraction of sp³-hybridized carbons (Fsp3) is 0.448. The lowest BCUT2D eigenvalue weighted by atomic mass is 10.1. The Labute approximate surface area is 248 Å². The maximum atomic E-state index is 13.0. The Hall–Kier alpha value is -4.52. The molecule has 5 rings (SSSR count). The van der Waals surface area contributed by atoms with E-state index in [1.807, 2.05) is 5.32 Å². The van der Waals surface area contributed by atoms with Gasteiger partial charge < -0.3 is 30.9 Å². The molecule has 2 aliphatic rings. The first kappa shape index (κ1) is 25.2. The third-order valence-electron chi connectivity index (χ3n) is 7.63. The summed E-state index contributed by atoms with van der Waals surface area (Å²) in [6, 6.07) is 8.74. The van der Waals surface area contributed by atoms with Crippen LogP contribution in [-0.2, 0) is 11.8 Å². The molecule has 1 aliphatic carbocycles. The van der Waals surface area contributed by atoms with Gasteiger partial charge >= 0.3 is 0 Å². The molecular weight excluding hydrogens is 538 g/mol. The molecule has 2 fully saturated rings. The summed E-state index contributed by atoms with van der Waals surface area (Å²) in [5.74, 6) is -1.10. The predicted molar refractivity (Wildman–Crippen MR) is 158 cm³/mol. The van der Waals surface area contributed by atoms with E-state index in [9.17, 15) is 14.4 Å². The first-order chi connectivity index (χ1) is 21.4. The van der Waals surface area contributed by atoms with E-state index in [1.54, 1.807) is 31.3 Å². The van der Waals surface area contributed by atoms with Crippen LogP contribution in [0.1, 0.15) is 57.2 Å². The van der Waals surface area contributed by atoms with Gasteiger partial charge in [-0.25, -0.2) is 0 Å². The first-order valence-corrected chi connectivity index (χ1v) is 13.9. The van der Waals surface area contributed by atoms with Gasteiger partial charge in [0.05, 0.1) is 24.2 Å². The van der Waals surface area contributed by atoms with Crippen LogP contribution in [0, 0.1) is 5.92 Å². The quantitative estimate of drug-likeness (QED) is 0.269. The minimum absolute atomic E-state index is 0.0855. The normalized spacial score (nSPS) is 18.0. The molecule has 1 saturated heterocycles. The largest absolute Gasteiger partial charge is 0.494 e. The molecule has 0 radical (unpaired) electrons. The number of rotatable bonds is 11. The number of benzene rings is 1. The van der Waals surface area contributed by atoms with Gasteiger partial charge in [0.1, 0.15) is 5.69 Å². The van der Waals surface area contributed by atoms with E-state index in [-0.39, 0.29) is 34.9 Å². The van der Waals surface area contributed by atoms with E-state index >= 15 is 0 Å². The summed E-state index contributed by atoms with van der Waals surface area (Å²) in [6.45, 7) is -1.13. The Bertz CT molecular complexity index is 1590. The van der Waals surface area contributed by atoms with Crippen molar-refractivity contribution in [2.75, 3.05) is 44.9 Å². The lowest BCUT2D eigenvalue weighted by Gasteiger charge is -2.19. The summed E-state index contributed by atoms with van der Waals surface area (Å²) < 4.78 is 29.5. The van der Waals surface area contributed by atoms with Crippen molar-refractivity contribution < 1.29 is 23.2 Å². The molecule has 13 heteroatoms. The van der Waals surface area contributed by atoms with Crippen LogP contribution in [0.4, 0.5) is 17.2 Å². The smallest absolute Gasteiger partial charge is 0.273 e. The average molecular weight is 579 g/mol. The number of anilines is 3. The lowest BCUT2D eigenvalue weighted by Crippen LogP contribution is -2.32. The van der Waals surface area contributed by atoms with Gasteiger partial charge in [0.2, 0.25) is 5.91 Å². The van der Waals surface area contributed by atoms with E-state index < -0.39 is 12.9 Å². The van der Waals surface area contributed by atoms with Gasteiger partial charge in [-0.1, -0.05) is 6.07 Å². The number of nitrogens with one attached hydrogen (secondary N) is 4. The van der Waals surface area contributed by atoms with Crippen molar-refractivity contribution in [1.82, 2.24) is 35.5 Å². The van der Waals surface area contributed by atoms with Gasteiger partial charge in [-0.15, -0.1) is 10.2 Å². The summed E-state index contributed by atoms with van der Waals surface area (Å²) in [6.07, 6.45) is 4.73. The van der Waals surface area contributed by atoms with E-state index in [1.165, 1.54) is 24.3 Å². The van der Waals surface area contributed by atoms with Gasteiger partial charge in [0.25, 0.3) is 11.8 Å². The van der Waals surface area contributed by atoms with Crippen molar-refractivity contribution in [3.05, 3.63) is 41.7 Å². The molecule has 3 heterocycles. The second-order valence-electron chi connectivity index (χ2n) is 10.6. The second-order valence-corrected chi connectivity index (χ2v) is 10.6. The van der Waals surface area contributed by atoms with Gasteiger partial charge in [-0.3, -0.25) is 19.1 Å². The predicted octanol–water partition coefficient (Wildman–Crippen LogP) is 2.55. The monoisotopic (exact) mass is 578 g/mol. The summed E-state index contributed by atoms with van der Waals surface area (Å²) >= 11 is 0. The van der Waals surface area contributed by atoms with Crippen molar-refractivity contribution in [3.8, 4) is 17.0 Å². The number of nitrogens with zero attached hydrogens (tertiary/aromatic N) is 5. The summed E-state index contributed by atoms with van der Waals surface area (Å²) in [5.41, 5.74) is 1.59. The SMILES string of the molecule is [2H]C([2H])([2H])NC(=O)c1nnc(NC(=O)C2CC2)cc1Nc1cccc(-c2cc(C(=O)NCCC3CCCN3C)n(C)n2)c1OC. The van der Waals surface area contributed by atoms with Crippen molar-refractivity contribution >= 4 is 34.9 Å². The van der Waals surface area contributed by atoms with Crippen LogP contribution >= 0.6 is 0 Å². The number of carbonyl (C=O) groups excluding carboxylic acids is 3. The van der Waals surface area contributed by atoms with Crippen molar-refractivity contribution in [1.29, 1.82) is 0 Å². The zero-order valence-corrected chi connectivity index (χ0v) is 23.9. The van der Waals surface area contributed by atoms with Crippen molar-refractivity contribution in [2.45, 2.75) is 38.1 Å². The van der Waals surface area contributed by atoms with Crippen LogP contribution in [0.25, 0.3) is 11.3 Å². The number of ether oxygens (including phenoxy) is 1. The molecule has 1 aliphatic heterocycles. The molecule has 222 valence electrons. The minimum atomic E-state index is -2.76. The van der Waals surface area contributed by atoms with Crippen molar-refractivity contribution in [3.63, 3.8) is 0 Å². The van der Waals surface area contributed by atoms with E-state index in [4.69, 9.17) is 8.85 Å². The molecule has 1 aromatic carbocycles. The van der Waals surface area contributed by atoms with Crippen LogP contribution in [0.5, 0.6) is 5.75 Å². The van der Waals surface area contributed by atoms with Gasteiger partial charge in [-0.05, 0) is 63.9 Å². The van der Waals surface area contributed by atoms with Crippen LogP contribution in [-0.4, -0.2) is 82.9 Å². The number of hydrogen-bond acceptors (Lipinski definition) is 9. The summed E-state index contributed by atoms with van der Waals surface area (Å²) in [4.78, 5) is 40.5. The number of aryl methyl sites for hydroxylation is 1. The molecule has 3 aromatic rings. The zero-order valence-electron chi connectivity index (χ0n) is 26.9. The molecule has 42 heavy (non-hydrogen) atoms. The Morgan fingerprint density at radius 1 is 1.10 bits per heavy atom. The van der Waals surface area contributed by atoms with Crippen LogP contribution in [0.2, 0.25) is 0 Å². The highest BCUT2D eigenvalue weighted by molar-refractivity contribution is 6.00. The summed E-state index contributed by atoms with van der Waals surface area (Å²) in [5, 5.41) is 23.1. The number of hydrogen-bond donors (Lipinski definition) is 4. The Balaban J connectivity index is 1.40. The molecular formula is C29H37N9O4. The van der Waals surface area contributed by atoms with Gasteiger partial charge in [-0.2, -0.15) is 5.10 Å². The maximum absolute atomic E-state index is 13.0. The van der Waals surface area contributed by atoms with Gasteiger partial charge in [0, 0.05) is 48.3 Å². The minimum Gasteiger partial charge on any atom is -0.494 e. The fourth-order valence-electron chi connectivity index (χ4n) is 5.15. The number of carbonyl (C=O) groups is 3. The van der Waals surface area contributed by atoms with E-state index in [2.05, 4.69) is 43.2 Å². The van der Waals surface area contributed by atoms with E-state index in [0.29, 0.717) is 41.0 Å². The Kier molecular flexibility index (Phi) is 7.54. The number of para-hydroxylation sites is 1. The zero-order chi connectivity index (χ0) is 32.3. The molecule has 3 amide bonds. The third kappa shape index (κ3) is 6.35. The first-order valence-electron chi connectivity index (χ1n) is 15.4. The highest BCUT2D eigenvalue weighted by atomic mass is 16.5. The second kappa shape index (κ2) is 12.6. The number of aromatic nitrogens is 4. The molecule has 1 atom stereocenters. The van der Waals surface area contributed by atoms with Crippen LogP contribution in [0.3, 0.4) is 0 Å². The molecule has 2 aromatic heterocycles. The third-order valence-corrected chi connectivity index (χ3v) is 7.63. The number of amides is 3. The molecule has 1 unspecified atom stereocenters. The van der Waals surface area contributed by atoms with Gasteiger partial charge in [0.15, 0.2) is 17.3 Å². The molecule has 0 spiro atoms. The number of methoxy groups -OCH3 is 1. The molecule has 0 bridgehead atoms.